The van der Waals surface area contributed by atoms with Crippen LogP contribution in [0.5, 0.6) is 0 Å². The second-order valence-electron chi connectivity index (χ2n) is 22.5. The van der Waals surface area contributed by atoms with E-state index in [1.807, 2.05) is 69.2 Å². The number of carbonyl (C=O) groups is 6. The van der Waals surface area contributed by atoms with Crippen LogP contribution in [0.2, 0.25) is 0 Å². The van der Waals surface area contributed by atoms with E-state index < -0.39 is 57.5 Å². The van der Waals surface area contributed by atoms with E-state index >= 15 is 0 Å². The fraction of sp³-hybridized carbons (Fsp3) is 0.867. The number of amides is 4. The van der Waals surface area contributed by atoms with Crippen LogP contribution in [0, 0.1) is 50.7 Å². The molecule has 8 atom stereocenters. The highest BCUT2D eigenvalue weighted by Gasteiger charge is 2.49. The summed E-state index contributed by atoms with van der Waals surface area (Å²) in [6.07, 6.45) is 3.31. The molecular formula is C45H78N4O6. The van der Waals surface area contributed by atoms with Crippen LogP contribution < -0.4 is 10.6 Å². The smallest absolute Gasteiger partial charge is 0.246 e. The van der Waals surface area contributed by atoms with Crippen LogP contribution in [0.4, 0.5) is 0 Å². The molecule has 3 rings (SSSR count). The maximum Gasteiger partial charge on any atom is 0.246 e. The molecule has 0 aromatic carbocycles. The number of rotatable bonds is 1. The van der Waals surface area contributed by atoms with Crippen molar-refractivity contribution >= 4 is 35.2 Å². The quantitative estimate of drug-likeness (QED) is 0.286. The van der Waals surface area contributed by atoms with Gasteiger partial charge in [-0.3, -0.25) is 28.8 Å². The Morgan fingerprint density at radius 1 is 0.545 bits per heavy atom. The number of carbonyl (C=O) groups excluding carboxylic acids is 6. The molecule has 10 nitrogen and oxygen atoms in total. The summed E-state index contributed by atoms with van der Waals surface area (Å²) in [6, 6.07) is -2.57. The highest BCUT2D eigenvalue weighted by Crippen LogP contribution is 2.43. The molecule has 3 fully saturated rings. The van der Waals surface area contributed by atoms with E-state index in [0.29, 0.717) is 51.6 Å². The summed E-state index contributed by atoms with van der Waals surface area (Å²) in [4.78, 5) is 90.2. The van der Waals surface area contributed by atoms with Crippen molar-refractivity contribution in [3.63, 3.8) is 0 Å². The molecule has 0 bridgehead atoms. The van der Waals surface area contributed by atoms with Crippen LogP contribution in [-0.2, 0) is 28.8 Å². The van der Waals surface area contributed by atoms with Gasteiger partial charge in [-0.25, -0.2) is 0 Å². The van der Waals surface area contributed by atoms with Crippen molar-refractivity contribution in [1.29, 1.82) is 0 Å². The summed E-state index contributed by atoms with van der Waals surface area (Å²) < 4.78 is 0. The maximum atomic E-state index is 14.7. The molecule has 3 aliphatic rings. The number of hydrogen-bond acceptors (Lipinski definition) is 6. The minimum absolute atomic E-state index is 0.0383. The van der Waals surface area contributed by atoms with Gasteiger partial charge in [0.25, 0.3) is 0 Å². The van der Waals surface area contributed by atoms with Gasteiger partial charge in [0.1, 0.15) is 17.9 Å². The van der Waals surface area contributed by atoms with Crippen molar-refractivity contribution < 1.29 is 28.8 Å². The van der Waals surface area contributed by atoms with E-state index in [1.54, 1.807) is 9.80 Å². The molecule has 0 aromatic rings. The van der Waals surface area contributed by atoms with Crippen LogP contribution in [0.1, 0.15) is 162 Å². The lowest BCUT2D eigenvalue weighted by molar-refractivity contribution is -0.148. The normalized spacial score (nSPS) is 31.1. The molecule has 8 unspecified atom stereocenters. The molecule has 4 amide bonds. The summed E-state index contributed by atoms with van der Waals surface area (Å²) in [5.41, 5.74) is -2.53. The Labute approximate surface area is 333 Å². The molecule has 314 valence electrons. The fourth-order valence-electron chi connectivity index (χ4n) is 9.22. The van der Waals surface area contributed by atoms with Gasteiger partial charge >= 0.3 is 0 Å². The number of fused-ring (bicyclic) bond motifs is 2. The zero-order valence-corrected chi connectivity index (χ0v) is 37.5. The van der Waals surface area contributed by atoms with Gasteiger partial charge in [-0.2, -0.15) is 0 Å². The van der Waals surface area contributed by atoms with Gasteiger partial charge in [0, 0.05) is 49.7 Å². The number of hydrogen-bond donors (Lipinski definition) is 2. The number of ketones is 2. The highest BCUT2D eigenvalue weighted by atomic mass is 16.2. The average Bonchev–Trinajstić information content (AvgIpc) is 3.71. The number of nitrogens with one attached hydrogen (secondary N) is 2. The molecule has 55 heavy (non-hydrogen) atoms. The Kier molecular flexibility index (Phi) is 14.4. The molecule has 3 heterocycles. The zero-order valence-electron chi connectivity index (χ0n) is 37.5. The summed E-state index contributed by atoms with van der Waals surface area (Å²) in [5.74, 6) is -3.15. The van der Waals surface area contributed by atoms with Crippen LogP contribution in [0.25, 0.3) is 0 Å². The van der Waals surface area contributed by atoms with E-state index in [0.717, 1.165) is 0 Å². The standard InChI is InChI=1S/C45H78N4O6/c1-17-27-24-29(42(5,6)7)35(44(11,12)13)46-38(53)32-21-19-23-49(32)39(54)30(43(8,9)10)26-33(50)28(41(2,3)4)25-34(51)31-20-18-22-48(31)40(55)36(45(14,15)16)47-37(27)52/h27-32,35-36H,17-26H2,1-16H3,(H,46,53)(H,47,52). The SMILES string of the molecule is CCC1CC(C(C)(C)C)C(C(C)(C)C)NC(=O)C2CCCN2C(=O)C(C(C)(C)C)CC(=O)C(C(C)(C)C)CC(=O)C2CCCN2C(=O)C(C(C)(C)C)NC1=O. The lowest BCUT2D eigenvalue weighted by Gasteiger charge is -2.46. The van der Waals surface area contributed by atoms with Crippen LogP contribution >= 0.6 is 0 Å². The first-order chi connectivity index (χ1) is 24.9. The third kappa shape index (κ3) is 11.2. The first kappa shape index (κ1) is 46.6. The first-order valence-corrected chi connectivity index (χ1v) is 21.2. The van der Waals surface area contributed by atoms with E-state index in [4.69, 9.17) is 0 Å². The minimum Gasteiger partial charge on any atom is -0.351 e. The van der Waals surface area contributed by atoms with E-state index in [9.17, 15) is 28.8 Å². The Morgan fingerprint density at radius 3 is 1.49 bits per heavy atom. The maximum absolute atomic E-state index is 14.7. The van der Waals surface area contributed by atoms with Crippen molar-refractivity contribution in [1.82, 2.24) is 20.4 Å². The molecule has 0 saturated carbocycles. The molecule has 0 aliphatic carbocycles. The second kappa shape index (κ2) is 17.0. The van der Waals surface area contributed by atoms with Crippen LogP contribution in [0.15, 0.2) is 0 Å². The van der Waals surface area contributed by atoms with Gasteiger partial charge in [0.2, 0.25) is 23.6 Å². The fourth-order valence-corrected chi connectivity index (χ4v) is 9.22. The van der Waals surface area contributed by atoms with Crippen molar-refractivity contribution in [3.8, 4) is 0 Å². The Bertz CT molecular complexity index is 1430. The molecule has 2 N–H and O–H groups in total. The van der Waals surface area contributed by atoms with Crippen molar-refractivity contribution in [2.24, 2.45) is 50.7 Å². The molecule has 10 heteroatoms. The average molecular weight is 771 g/mol. The van der Waals surface area contributed by atoms with Gasteiger partial charge < -0.3 is 20.4 Å². The largest absolute Gasteiger partial charge is 0.351 e. The highest BCUT2D eigenvalue weighted by molar-refractivity contribution is 5.97. The van der Waals surface area contributed by atoms with Gasteiger partial charge in [-0.1, -0.05) is 111 Å². The molecule has 0 spiro atoms. The Morgan fingerprint density at radius 2 is 1.04 bits per heavy atom. The van der Waals surface area contributed by atoms with E-state index in [-0.39, 0.29) is 65.4 Å². The molecule has 3 saturated heterocycles. The first-order valence-electron chi connectivity index (χ1n) is 21.2. The second-order valence-corrected chi connectivity index (χ2v) is 22.5. The monoisotopic (exact) mass is 771 g/mol. The van der Waals surface area contributed by atoms with Crippen molar-refractivity contribution in [2.75, 3.05) is 13.1 Å². The zero-order chi connectivity index (χ0) is 42.2. The molecule has 0 radical (unpaired) electrons. The minimum atomic E-state index is -0.866. The van der Waals surface area contributed by atoms with E-state index in [1.165, 1.54) is 0 Å². The van der Waals surface area contributed by atoms with Gasteiger partial charge in [0.05, 0.1) is 6.04 Å². The van der Waals surface area contributed by atoms with Crippen molar-refractivity contribution in [2.45, 2.75) is 186 Å². The third-order valence-electron chi connectivity index (χ3n) is 12.9. The van der Waals surface area contributed by atoms with Crippen LogP contribution in [0.3, 0.4) is 0 Å². The third-order valence-corrected chi connectivity index (χ3v) is 12.9. The van der Waals surface area contributed by atoms with Gasteiger partial charge in [-0.05, 0) is 71.5 Å². The predicted molar refractivity (Wildman–Crippen MR) is 219 cm³/mol. The Hall–Kier alpha value is -2.78. The molecule has 3 aliphatic heterocycles. The Balaban J connectivity index is 2.24. The lowest BCUT2D eigenvalue weighted by Crippen LogP contribution is -2.59. The number of Topliss-reactive ketones (excluding diaryl/α,β-unsaturated/α-hetero) is 2. The summed E-state index contributed by atoms with van der Waals surface area (Å²) in [6.45, 7) is 33.1. The summed E-state index contributed by atoms with van der Waals surface area (Å²) in [7, 11) is 0. The lowest BCUT2D eigenvalue weighted by atomic mass is 9.65. The van der Waals surface area contributed by atoms with Gasteiger partial charge in [-0.15, -0.1) is 0 Å². The summed E-state index contributed by atoms with van der Waals surface area (Å²) >= 11 is 0. The summed E-state index contributed by atoms with van der Waals surface area (Å²) in [5, 5.41) is 6.59. The predicted octanol–water partition coefficient (Wildman–Crippen LogP) is 7.37. The molecular weight excluding hydrogens is 693 g/mol. The molecule has 0 aromatic heterocycles. The van der Waals surface area contributed by atoms with Gasteiger partial charge in [0.15, 0.2) is 5.78 Å². The number of nitrogens with zero attached hydrogens (tertiary/aromatic N) is 2. The van der Waals surface area contributed by atoms with Crippen molar-refractivity contribution in [3.05, 3.63) is 0 Å². The van der Waals surface area contributed by atoms with E-state index in [2.05, 4.69) is 52.2 Å². The van der Waals surface area contributed by atoms with Crippen LogP contribution in [-0.4, -0.2) is 82.3 Å². The topological polar surface area (TPSA) is 133 Å².